The van der Waals surface area contributed by atoms with Gasteiger partial charge in [0.1, 0.15) is 5.78 Å². The number of alkyl halides is 1. The number of Topliss-reactive ketones (excluding diaryl/α,β-unsaturated/α-hetero) is 1. The Balaban J connectivity index is 2.95. The molecule has 76 valence electrons. The Morgan fingerprint density at radius 2 is 2.21 bits per heavy atom. The molecule has 0 aliphatic carbocycles. The van der Waals surface area contributed by atoms with Crippen LogP contribution >= 0.6 is 27.7 Å². The molecular weight excluding hydrogens is 260 g/mol. The Labute approximate surface area is 97.4 Å². The highest BCUT2D eigenvalue weighted by molar-refractivity contribution is 9.08. The van der Waals surface area contributed by atoms with Crippen molar-refractivity contribution in [2.45, 2.75) is 23.6 Å². The summed E-state index contributed by atoms with van der Waals surface area (Å²) < 4.78 is 0. The van der Waals surface area contributed by atoms with Gasteiger partial charge in [0.05, 0.1) is 0 Å². The summed E-state index contributed by atoms with van der Waals surface area (Å²) in [6, 6.07) is 6.21. The number of rotatable bonds is 4. The first-order valence-electron chi connectivity index (χ1n) is 4.38. The molecule has 0 spiro atoms. The maximum atomic E-state index is 11.0. The van der Waals surface area contributed by atoms with Crippen molar-refractivity contribution >= 4 is 33.5 Å². The molecular formula is C11H13BrOS. The van der Waals surface area contributed by atoms with E-state index in [-0.39, 0.29) is 5.78 Å². The Hall–Kier alpha value is -0.280. The Morgan fingerprint density at radius 3 is 2.71 bits per heavy atom. The van der Waals surface area contributed by atoms with Gasteiger partial charge in [-0.25, -0.2) is 0 Å². The molecule has 0 radical (unpaired) electrons. The second-order valence-corrected chi connectivity index (χ2v) is 4.57. The van der Waals surface area contributed by atoms with Crippen LogP contribution in [0, 0.1) is 0 Å². The third-order valence-electron chi connectivity index (χ3n) is 1.94. The summed E-state index contributed by atoms with van der Waals surface area (Å²) in [5, 5.41) is 0.842. The molecule has 0 aliphatic rings. The van der Waals surface area contributed by atoms with Crippen molar-refractivity contribution in [1.29, 1.82) is 0 Å². The lowest BCUT2D eigenvalue weighted by Gasteiger charge is -2.06. The van der Waals surface area contributed by atoms with Crippen LogP contribution in [-0.2, 0) is 16.5 Å². The lowest BCUT2D eigenvalue weighted by atomic mass is 10.1. The van der Waals surface area contributed by atoms with Crippen molar-refractivity contribution in [3.05, 3.63) is 29.3 Å². The molecule has 1 rings (SSSR count). The molecule has 0 aromatic heterocycles. The van der Waals surface area contributed by atoms with Crippen LogP contribution in [0.2, 0.25) is 0 Å². The van der Waals surface area contributed by atoms with Gasteiger partial charge < -0.3 is 0 Å². The predicted molar refractivity (Wildman–Crippen MR) is 65.2 cm³/mol. The zero-order valence-electron chi connectivity index (χ0n) is 8.34. The highest BCUT2D eigenvalue weighted by Crippen LogP contribution is 2.23. The number of hydrogen-bond donors (Lipinski definition) is 0. The van der Waals surface area contributed by atoms with Gasteiger partial charge in [-0.05, 0) is 30.4 Å². The molecule has 0 unspecified atom stereocenters. The fourth-order valence-corrected chi connectivity index (χ4v) is 2.58. The molecule has 0 saturated heterocycles. The Bertz CT molecular complexity index is 336. The first kappa shape index (κ1) is 11.8. The van der Waals surface area contributed by atoms with Crippen LogP contribution in [0.3, 0.4) is 0 Å². The summed E-state index contributed by atoms with van der Waals surface area (Å²) in [4.78, 5) is 12.2. The van der Waals surface area contributed by atoms with Crippen LogP contribution in [0.1, 0.15) is 18.1 Å². The monoisotopic (exact) mass is 272 g/mol. The minimum Gasteiger partial charge on any atom is -0.300 e. The van der Waals surface area contributed by atoms with Crippen LogP contribution in [0.15, 0.2) is 23.1 Å². The highest BCUT2D eigenvalue weighted by Gasteiger charge is 2.03. The minimum atomic E-state index is 0.211. The summed E-state index contributed by atoms with van der Waals surface area (Å²) >= 11 is 5.18. The van der Waals surface area contributed by atoms with E-state index in [0.29, 0.717) is 6.42 Å². The van der Waals surface area contributed by atoms with Gasteiger partial charge in [0, 0.05) is 16.6 Å². The average Bonchev–Trinajstić information content (AvgIpc) is 2.16. The first-order valence-corrected chi connectivity index (χ1v) is 6.73. The van der Waals surface area contributed by atoms with Gasteiger partial charge in [-0.1, -0.05) is 28.1 Å². The van der Waals surface area contributed by atoms with E-state index in [1.807, 2.05) is 6.07 Å². The Kier molecular flexibility index (Phi) is 4.69. The topological polar surface area (TPSA) is 17.1 Å². The van der Waals surface area contributed by atoms with Gasteiger partial charge in [0.25, 0.3) is 0 Å². The van der Waals surface area contributed by atoms with Gasteiger partial charge in [0.15, 0.2) is 0 Å². The molecule has 1 nitrogen and oxygen atoms in total. The summed E-state index contributed by atoms with van der Waals surface area (Å²) in [5.41, 5.74) is 2.36. The zero-order valence-corrected chi connectivity index (χ0v) is 10.7. The second kappa shape index (κ2) is 5.56. The summed E-state index contributed by atoms with van der Waals surface area (Å²) in [6.07, 6.45) is 2.60. The lowest BCUT2D eigenvalue weighted by molar-refractivity contribution is -0.116. The van der Waals surface area contributed by atoms with Gasteiger partial charge in [0.2, 0.25) is 0 Å². The highest BCUT2D eigenvalue weighted by atomic mass is 79.9. The van der Waals surface area contributed by atoms with E-state index in [0.717, 1.165) is 10.9 Å². The molecule has 0 bridgehead atoms. The van der Waals surface area contributed by atoms with Gasteiger partial charge in [-0.3, -0.25) is 4.79 Å². The van der Waals surface area contributed by atoms with Crippen molar-refractivity contribution in [1.82, 2.24) is 0 Å². The lowest BCUT2D eigenvalue weighted by Crippen LogP contribution is -1.97. The summed E-state index contributed by atoms with van der Waals surface area (Å²) in [6.45, 7) is 1.62. The average molecular weight is 273 g/mol. The van der Waals surface area contributed by atoms with E-state index in [9.17, 15) is 4.79 Å². The number of ketones is 1. The van der Waals surface area contributed by atoms with Crippen molar-refractivity contribution in [2.75, 3.05) is 6.26 Å². The van der Waals surface area contributed by atoms with Crippen LogP contribution in [0.4, 0.5) is 0 Å². The maximum absolute atomic E-state index is 11.0. The van der Waals surface area contributed by atoms with Gasteiger partial charge in [-0.15, -0.1) is 11.8 Å². The van der Waals surface area contributed by atoms with Crippen LogP contribution < -0.4 is 0 Å². The number of hydrogen-bond acceptors (Lipinski definition) is 2. The van der Waals surface area contributed by atoms with Crippen molar-refractivity contribution < 1.29 is 4.79 Å². The molecule has 3 heteroatoms. The fourth-order valence-electron chi connectivity index (χ4n) is 1.33. The number of carbonyl (C=O) groups excluding carboxylic acids is 1. The molecule has 0 heterocycles. The second-order valence-electron chi connectivity index (χ2n) is 3.16. The van der Waals surface area contributed by atoms with Crippen molar-refractivity contribution in [3.8, 4) is 0 Å². The van der Waals surface area contributed by atoms with E-state index < -0.39 is 0 Å². The quantitative estimate of drug-likeness (QED) is 0.617. The number of halogens is 1. The van der Waals surface area contributed by atoms with E-state index in [1.54, 1.807) is 18.7 Å². The van der Waals surface area contributed by atoms with E-state index >= 15 is 0 Å². The summed E-state index contributed by atoms with van der Waals surface area (Å²) in [5.74, 6) is 0.211. The predicted octanol–water partition coefficient (Wildman–Crippen LogP) is 3.43. The van der Waals surface area contributed by atoms with Gasteiger partial charge >= 0.3 is 0 Å². The van der Waals surface area contributed by atoms with E-state index in [4.69, 9.17) is 0 Å². The number of thioether (sulfide) groups is 1. The molecule has 1 aromatic carbocycles. The van der Waals surface area contributed by atoms with Crippen molar-refractivity contribution in [3.63, 3.8) is 0 Å². The fraction of sp³-hybridized carbons (Fsp3) is 0.364. The third kappa shape index (κ3) is 3.14. The number of benzene rings is 1. The van der Waals surface area contributed by atoms with Crippen LogP contribution in [-0.4, -0.2) is 12.0 Å². The first-order chi connectivity index (χ1) is 6.67. The normalized spacial score (nSPS) is 10.2. The van der Waals surface area contributed by atoms with Gasteiger partial charge in [-0.2, -0.15) is 0 Å². The molecule has 0 N–H and O–H groups in total. The number of carbonyl (C=O) groups is 1. The summed E-state index contributed by atoms with van der Waals surface area (Å²) in [7, 11) is 0. The molecule has 0 amide bonds. The zero-order chi connectivity index (χ0) is 10.6. The van der Waals surface area contributed by atoms with Crippen LogP contribution in [0.25, 0.3) is 0 Å². The molecule has 0 aliphatic heterocycles. The van der Waals surface area contributed by atoms with E-state index in [1.165, 1.54) is 10.5 Å². The minimum absolute atomic E-state index is 0.211. The largest absolute Gasteiger partial charge is 0.300 e. The third-order valence-corrected chi connectivity index (χ3v) is 3.38. The standard InChI is InChI=1S/C11H13BrOS/c1-8(13)5-9-3-4-11(14-2)10(6-9)7-12/h3-4,6H,5,7H2,1-2H3. The van der Waals surface area contributed by atoms with Crippen molar-refractivity contribution in [2.24, 2.45) is 0 Å². The molecule has 0 atom stereocenters. The molecule has 1 aromatic rings. The maximum Gasteiger partial charge on any atom is 0.134 e. The Morgan fingerprint density at radius 1 is 1.50 bits per heavy atom. The molecule has 0 fully saturated rings. The van der Waals surface area contributed by atoms with Crippen LogP contribution in [0.5, 0.6) is 0 Å². The molecule has 14 heavy (non-hydrogen) atoms. The van der Waals surface area contributed by atoms with E-state index in [2.05, 4.69) is 34.3 Å². The smallest absolute Gasteiger partial charge is 0.134 e. The molecule has 0 saturated carbocycles. The SMILES string of the molecule is CSc1ccc(CC(C)=O)cc1CBr.